The third-order valence-corrected chi connectivity index (χ3v) is 4.24. The van der Waals surface area contributed by atoms with Crippen molar-refractivity contribution in [1.82, 2.24) is 20.0 Å². The molecule has 0 saturated heterocycles. The summed E-state index contributed by atoms with van der Waals surface area (Å²) >= 11 is 0. The molecule has 0 amide bonds. The van der Waals surface area contributed by atoms with Crippen LogP contribution in [0, 0.1) is 0 Å². The maximum atomic E-state index is 6.26. The highest BCUT2D eigenvalue weighted by molar-refractivity contribution is 5.85. The van der Waals surface area contributed by atoms with Gasteiger partial charge < -0.3 is 5.73 Å². The highest BCUT2D eigenvalue weighted by Crippen LogP contribution is 2.22. The number of aromatic nitrogens is 4. The second-order valence-electron chi connectivity index (χ2n) is 6.21. The van der Waals surface area contributed by atoms with Gasteiger partial charge in [-0.05, 0) is 29.5 Å². The fraction of sp³-hybridized carbons (Fsp3) is 0.150. The quantitative estimate of drug-likeness (QED) is 0.611. The van der Waals surface area contributed by atoms with Crippen LogP contribution in [0.1, 0.15) is 5.56 Å². The van der Waals surface area contributed by atoms with E-state index in [4.69, 9.17) is 5.73 Å². The number of hydrogen-bond donors (Lipinski definition) is 1. The van der Waals surface area contributed by atoms with E-state index in [-0.39, 0.29) is 6.04 Å². The normalized spacial score (nSPS) is 12.4. The Morgan fingerprint density at radius 3 is 2.76 bits per heavy atom. The Bertz CT molecular complexity index is 977. The molecule has 0 aliphatic heterocycles. The predicted octanol–water partition coefficient (Wildman–Crippen LogP) is 3.06. The van der Waals surface area contributed by atoms with Crippen LogP contribution in [0.5, 0.6) is 0 Å². The van der Waals surface area contributed by atoms with Crippen molar-refractivity contribution in [2.24, 2.45) is 5.73 Å². The summed E-state index contributed by atoms with van der Waals surface area (Å²) < 4.78 is 1.82. The standard InChI is InChI=1S/C20H19N5/c21-19(10-15-4-2-1-3-5-15)13-25-14-20(23-24-25)17-6-7-18-12-22-9-8-16(18)11-17/h1-9,11-12,14,19H,10,13,21H2/t19-/m0/s1. The molecule has 0 saturated carbocycles. The fourth-order valence-corrected chi connectivity index (χ4v) is 2.98. The lowest BCUT2D eigenvalue weighted by Gasteiger charge is -2.11. The van der Waals surface area contributed by atoms with Crippen molar-refractivity contribution in [1.29, 1.82) is 0 Å². The maximum Gasteiger partial charge on any atom is 0.113 e. The number of pyridine rings is 1. The second-order valence-corrected chi connectivity index (χ2v) is 6.21. The molecule has 25 heavy (non-hydrogen) atoms. The van der Waals surface area contributed by atoms with E-state index in [0.29, 0.717) is 6.54 Å². The van der Waals surface area contributed by atoms with Crippen molar-refractivity contribution in [2.75, 3.05) is 0 Å². The van der Waals surface area contributed by atoms with E-state index >= 15 is 0 Å². The monoisotopic (exact) mass is 329 g/mol. The lowest BCUT2D eigenvalue weighted by atomic mass is 10.1. The maximum absolute atomic E-state index is 6.26. The molecule has 2 heterocycles. The molecule has 0 aliphatic rings. The van der Waals surface area contributed by atoms with Crippen molar-refractivity contribution >= 4 is 10.8 Å². The molecule has 0 unspecified atom stereocenters. The summed E-state index contributed by atoms with van der Waals surface area (Å²) in [7, 11) is 0. The van der Waals surface area contributed by atoms with Crippen LogP contribution in [0.2, 0.25) is 0 Å². The first-order valence-corrected chi connectivity index (χ1v) is 8.32. The second kappa shape index (κ2) is 6.83. The Morgan fingerprint density at radius 1 is 1.00 bits per heavy atom. The highest BCUT2D eigenvalue weighted by atomic mass is 15.4. The minimum absolute atomic E-state index is 0.000345. The molecule has 0 spiro atoms. The summed E-state index contributed by atoms with van der Waals surface area (Å²) in [5.74, 6) is 0. The fourth-order valence-electron chi connectivity index (χ4n) is 2.98. The average Bonchev–Trinajstić information content (AvgIpc) is 3.10. The van der Waals surface area contributed by atoms with Crippen molar-refractivity contribution < 1.29 is 0 Å². The molecule has 5 nitrogen and oxygen atoms in total. The molecule has 2 aromatic heterocycles. The van der Waals surface area contributed by atoms with Crippen LogP contribution in [-0.4, -0.2) is 26.0 Å². The van der Waals surface area contributed by atoms with Crippen molar-refractivity contribution in [3.05, 3.63) is 78.8 Å². The summed E-state index contributed by atoms with van der Waals surface area (Å²) in [4.78, 5) is 4.14. The molecule has 1 atom stereocenters. The van der Waals surface area contributed by atoms with Gasteiger partial charge >= 0.3 is 0 Å². The summed E-state index contributed by atoms with van der Waals surface area (Å²) in [6, 6.07) is 18.5. The first kappa shape index (κ1) is 15.5. The van der Waals surface area contributed by atoms with Crippen LogP contribution in [0.15, 0.2) is 73.2 Å². The van der Waals surface area contributed by atoms with E-state index in [0.717, 1.165) is 28.5 Å². The molecule has 5 heteroatoms. The van der Waals surface area contributed by atoms with E-state index in [1.54, 1.807) is 6.20 Å². The Labute approximate surface area is 146 Å². The molecule has 4 aromatic rings. The van der Waals surface area contributed by atoms with Crippen LogP contribution in [-0.2, 0) is 13.0 Å². The summed E-state index contributed by atoms with van der Waals surface area (Å²) in [6.45, 7) is 0.638. The molecule has 4 rings (SSSR count). The molecular weight excluding hydrogens is 310 g/mol. The van der Waals surface area contributed by atoms with E-state index in [2.05, 4.69) is 39.6 Å². The van der Waals surface area contributed by atoms with Crippen LogP contribution in [0.25, 0.3) is 22.0 Å². The molecule has 2 N–H and O–H groups in total. The Kier molecular flexibility index (Phi) is 4.23. The van der Waals surface area contributed by atoms with Gasteiger partial charge in [-0.3, -0.25) is 9.67 Å². The topological polar surface area (TPSA) is 69.6 Å². The van der Waals surface area contributed by atoms with Crippen LogP contribution < -0.4 is 5.73 Å². The van der Waals surface area contributed by atoms with Crippen LogP contribution in [0.4, 0.5) is 0 Å². The Balaban J connectivity index is 1.49. The first-order valence-electron chi connectivity index (χ1n) is 8.32. The van der Waals surface area contributed by atoms with Gasteiger partial charge in [0.1, 0.15) is 5.69 Å². The van der Waals surface area contributed by atoms with Gasteiger partial charge in [0.15, 0.2) is 0 Å². The SMILES string of the molecule is N[C@@H](Cc1ccccc1)Cn1cc(-c2ccc3cnccc3c2)nn1. The lowest BCUT2D eigenvalue weighted by Crippen LogP contribution is -2.28. The number of nitrogens with zero attached hydrogens (tertiary/aromatic N) is 4. The molecule has 0 aliphatic carbocycles. The van der Waals surface area contributed by atoms with Crippen molar-refractivity contribution in [2.45, 2.75) is 19.0 Å². The minimum atomic E-state index is -0.000345. The van der Waals surface area contributed by atoms with E-state index < -0.39 is 0 Å². The van der Waals surface area contributed by atoms with Gasteiger partial charge in [0.05, 0.1) is 12.7 Å². The smallest absolute Gasteiger partial charge is 0.113 e. The average molecular weight is 329 g/mol. The van der Waals surface area contributed by atoms with E-state index in [1.807, 2.05) is 47.4 Å². The zero-order valence-corrected chi connectivity index (χ0v) is 13.8. The molecule has 0 radical (unpaired) electrons. The number of hydrogen-bond acceptors (Lipinski definition) is 4. The third kappa shape index (κ3) is 3.56. The van der Waals surface area contributed by atoms with Gasteiger partial charge in [0.25, 0.3) is 0 Å². The first-order chi connectivity index (χ1) is 12.3. The van der Waals surface area contributed by atoms with E-state index in [1.165, 1.54) is 5.56 Å². The summed E-state index contributed by atoms with van der Waals surface area (Å²) in [5, 5.41) is 10.8. The zero-order valence-electron chi connectivity index (χ0n) is 13.8. The van der Waals surface area contributed by atoms with Gasteiger partial charge in [0.2, 0.25) is 0 Å². The third-order valence-electron chi connectivity index (χ3n) is 4.24. The van der Waals surface area contributed by atoms with Gasteiger partial charge in [-0.1, -0.05) is 47.7 Å². The largest absolute Gasteiger partial charge is 0.326 e. The number of rotatable bonds is 5. The van der Waals surface area contributed by atoms with Crippen molar-refractivity contribution in [3.63, 3.8) is 0 Å². The lowest BCUT2D eigenvalue weighted by molar-refractivity contribution is 0.496. The number of fused-ring (bicyclic) bond motifs is 1. The molecule has 0 bridgehead atoms. The zero-order chi connectivity index (χ0) is 17.1. The summed E-state index contributed by atoms with van der Waals surface area (Å²) in [6.07, 6.45) is 6.43. The van der Waals surface area contributed by atoms with Crippen LogP contribution >= 0.6 is 0 Å². The van der Waals surface area contributed by atoms with Gasteiger partial charge in [-0.15, -0.1) is 5.10 Å². The van der Waals surface area contributed by atoms with Gasteiger partial charge in [-0.25, -0.2) is 0 Å². The number of benzene rings is 2. The van der Waals surface area contributed by atoms with Crippen LogP contribution in [0.3, 0.4) is 0 Å². The predicted molar refractivity (Wildman–Crippen MR) is 98.9 cm³/mol. The number of nitrogens with two attached hydrogens (primary N) is 1. The minimum Gasteiger partial charge on any atom is -0.326 e. The van der Waals surface area contributed by atoms with Crippen molar-refractivity contribution in [3.8, 4) is 11.3 Å². The molecule has 2 aromatic carbocycles. The van der Waals surface area contributed by atoms with E-state index in [9.17, 15) is 0 Å². The highest BCUT2D eigenvalue weighted by Gasteiger charge is 2.09. The Hall–Kier alpha value is -3.05. The van der Waals surface area contributed by atoms with Gasteiger partial charge in [0, 0.05) is 29.4 Å². The molecule has 0 fully saturated rings. The summed E-state index contributed by atoms with van der Waals surface area (Å²) in [5.41, 5.74) is 9.39. The Morgan fingerprint density at radius 2 is 1.88 bits per heavy atom. The molecule has 124 valence electrons. The van der Waals surface area contributed by atoms with Gasteiger partial charge in [-0.2, -0.15) is 0 Å². The molecular formula is C20H19N5.